The smallest absolute Gasteiger partial charge is 0.0774 e. The van der Waals surface area contributed by atoms with Crippen LogP contribution in [0.2, 0.25) is 0 Å². The van der Waals surface area contributed by atoms with Crippen LogP contribution in [-0.4, -0.2) is 36.6 Å². The van der Waals surface area contributed by atoms with Crippen molar-refractivity contribution in [3.63, 3.8) is 0 Å². The second kappa shape index (κ2) is 7.20. The molecule has 90 valence electrons. The van der Waals surface area contributed by atoms with Crippen molar-refractivity contribution in [2.45, 2.75) is 64.3 Å². The van der Waals surface area contributed by atoms with Gasteiger partial charge in [-0.3, -0.25) is 0 Å². The summed E-state index contributed by atoms with van der Waals surface area (Å²) in [7, 11) is 0. The summed E-state index contributed by atoms with van der Waals surface area (Å²) < 4.78 is 11.0. The van der Waals surface area contributed by atoms with Crippen molar-refractivity contribution < 1.29 is 14.6 Å². The molecular weight excluding hydrogens is 192 g/mol. The van der Waals surface area contributed by atoms with E-state index >= 15 is 0 Å². The number of hydrogen-bond donors (Lipinski definition) is 1. The summed E-state index contributed by atoms with van der Waals surface area (Å²) in [5.41, 5.74) is 0. The number of aliphatic hydroxyl groups is 1. The normalized spacial score (nSPS) is 24.4. The van der Waals surface area contributed by atoms with Gasteiger partial charge in [-0.2, -0.15) is 0 Å². The Morgan fingerprint density at radius 2 is 2.20 bits per heavy atom. The maximum absolute atomic E-state index is 9.65. The molecule has 0 radical (unpaired) electrons. The number of ether oxygens (including phenoxy) is 2. The van der Waals surface area contributed by atoms with Crippen molar-refractivity contribution in [3.05, 3.63) is 0 Å². The zero-order valence-corrected chi connectivity index (χ0v) is 9.95. The summed E-state index contributed by atoms with van der Waals surface area (Å²) in [5, 5.41) is 9.65. The fraction of sp³-hybridized carbons (Fsp3) is 1.00. The average molecular weight is 216 g/mol. The van der Waals surface area contributed by atoms with E-state index in [2.05, 4.69) is 0 Å². The largest absolute Gasteiger partial charge is 0.391 e. The molecule has 2 atom stereocenters. The van der Waals surface area contributed by atoms with Crippen molar-refractivity contribution in [1.29, 1.82) is 0 Å². The molecule has 0 aliphatic carbocycles. The van der Waals surface area contributed by atoms with Gasteiger partial charge >= 0.3 is 0 Å². The summed E-state index contributed by atoms with van der Waals surface area (Å²) >= 11 is 0. The van der Waals surface area contributed by atoms with Crippen molar-refractivity contribution in [1.82, 2.24) is 0 Å². The Hall–Kier alpha value is -0.120. The molecule has 1 N–H and O–H groups in total. The van der Waals surface area contributed by atoms with Gasteiger partial charge in [-0.15, -0.1) is 0 Å². The van der Waals surface area contributed by atoms with Crippen LogP contribution in [0.3, 0.4) is 0 Å². The predicted molar refractivity (Wildman–Crippen MR) is 59.9 cm³/mol. The first kappa shape index (κ1) is 12.9. The first-order valence-electron chi connectivity index (χ1n) is 6.09. The molecule has 1 aliphatic rings. The van der Waals surface area contributed by atoms with Crippen molar-refractivity contribution >= 4 is 0 Å². The molecule has 0 bridgehead atoms. The number of rotatable bonds is 6. The lowest BCUT2D eigenvalue weighted by molar-refractivity contribution is -0.0211. The summed E-state index contributed by atoms with van der Waals surface area (Å²) in [6.07, 6.45) is 5.59. The molecule has 0 aromatic heterocycles. The molecule has 2 unspecified atom stereocenters. The lowest BCUT2D eigenvalue weighted by Crippen LogP contribution is -2.23. The van der Waals surface area contributed by atoms with Gasteiger partial charge in [0.1, 0.15) is 0 Å². The lowest BCUT2D eigenvalue weighted by Gasteiger charge is -2.23. The molecule has 1 aliphatic heterocycles. The van der Waals surface area contributed by atoms with Gasteiger partial charge in [0.25, 0.3) is 0 Å². The first-order valence-corrected chi connectivity index (χ1v) is 6.09. The third-order valence-electron chi connectivity index (χ3n) is 2.72. The minimum atomic E-state index is -0.335. The van der Waals surface area contributed by atoms with Crippen molar-refractivity contribution in [2.24, 2.45) is 0 Å². The van der Waals surface area contributed by atoms with Crippen LogP contribution in [0.25, 0.3) is 0 Å². The van der Waals surface area contributed by atoms with Crippen molar-refractivity contribution in [2.75, 3.05) is 13.2 Å². The van der Waals surface area contributed by atoms with E-state index < -0.39 is 0 Å². The fourth-order valence-corrected chi connectivity index (χ4v) is 1.80. The van der Waals surface area contributed by atoms with E-state index in [0.717, 1.165) is 25.9 Å². The SMILES string of the molecule is CC(C)OCC(O)CCC1CCCCO1. The Morgan fingerprint density at radius 3 is 2.80 bits per heavy atom. The van der Waals surface area contributed by atoms with Gasteiger partial charge in [-0.25, -0.2) is 0 Å². The highest BCUT2D eigenvalue weighted by Gasteiger charge is 2.15. The summed E-state index contributed by atoms with van der Waals surface area (Å²) in [6.45, 7) is 5.31. The van der Waals surface area contributed by atoms with Crippen LogP contribution in [-0.2, 0) is 9.47 Å². The lowest BCUT2D eigenvalue weighted by atomic mass is 10.0. The van der Waals surface area contributed by atoms with Crippen LogP contribution in [0, 0.1) is 0 Å². The molecule has 1 heterocycles. The van der Waals surface area contributed by atoms with Crippen LogP contribution >= 0.6 is 0 Å². The molecule has 15 heavy (non-hydrogen) atoms. The maximum Gasteiger partial charge on any atom is 0.0774 e. The van der Waals surface area contributed by atoms with Crippen LogP contribution in [0.15, 0.2) is 0 Å². The third-order valence-corrected chi connectivity index (χ3v) is 2.72. The van der Waals surface area contributed by atoms with Gasteiger partial charge < -0.3 is 14.6 Å². The molecule has 0 saturated carbocycles. The number of aliphatic hydroxyl groups excluding tert-OH is 1. The molecular formula is C12H24O3. The van der Waals surface area contributed by atoms with E-state index in [1.54, 1.807) is 0 Å². The molecule has 0 amide bonds. The second-order valence-corrected chi connectivity index (χ2v) is 4.60. The van der Waals surface area contributed by atoms with Crippen molar-refractivity contribution in [3.8, 4) is 0 Å². The van der Waals surface area contributed by atoms with E-state index in [1.165, 1.54) is 12.8 Å². The summed E-state index contributed by atoms with van der Waals surface area (Å²) in [6, 6.07) is 0. The first-order chi connectivity index (χ1) is 7.18. The molecule has 0 aromatic rings. The van der Waals surface area contributed by atoms with E-state index in [1.807, 2.05) is 13.8 Å². The molecule has 1 rings (SSSR count). The van der Waals surface area contributed by atoms with E-state index in [9.17, 15) is 5.11 Å². The Morgan fingerprint density at radius 1 is 1.40 bits per heavy atom. The quantitative estimate of drug-likeness (QED) is 0.739. The molecule has 1 fully saturated rings. The highest BCUT2D eigenvalue weighted by atomic mass is 16.5. The molecule has 0 spiro atoms. The molecule has 3 heteroatoms. The Balaban J connectivity index is 2.02. The van der Waals surface area contributed by atoms with Crippen LogP contribution in [0.5, 0.6) is 0 Å². The standard InChI is InChI=1S/C12H24O3/c1-10(2)15-9-11(13)6-7-12-5-3-4-8-14-12/h10-13H,3-9H2,1-2H3. The van der Waals surface area contributed by atoms with E-state index in [0.29, 0.717) is 12.7 Å². The van der Waals surface area contributed by atoms with Crippen LogP contribution in [0.4, 0.5) is 0 Å². The van der Waals surface area contributed by atoms with Gasteiger partial charge in [0.05, 0.1) is 24.9 Å². The minimum Gasteiger partial charge on any atom is -0.391 e. The summed E-state index contributed by atoms with van der Waals surface area (Å²) in [5.74, 6) is 0. The second-order valence-electron chi connectivity index (χ2n) is 4.60. The molecule has 0 aromatic carbocycles. The van der Waals surface area contributed by atoms with Gasteiger partial charge in [0.15, 0.2) is 0 Å². The third kappa shape index (κ3) is 6.13. The van der Waals surface area contributed by atoms with Gasteiger partial charge in [0, 0.05) is 6.61 Å². The molecule has 3 nitrogen and oxygen atoms in total. The molecule has 1 saturated heterocycles. The van der Waals surface area contributed by atoms with Gasteiger partial charge in [0.2, 0.25) is 0 Å². The summed E-state index contributed by atoms with van der Waals surface area (Å²) in [4.78, 5) is 0. The highest BCUT2D eigenvalue weighted by molar-refractivity contribution is 4.66. The van der Waals surface area contributed by atoms with E-state index in [4.69, 9.17) is 9.47 Å². The van der Waals surface area contributed by atoms with Gasteiger partial charge in [-0.1, -0.05) is 0 Å². The van der Waals surface area contributed by atoms with E-state index in [-0.39, 0.29) is 12.2 Å². The Bertz CT molecular complexity index is 153. The maximum atomic E-state index is 9.65. The van der Waals surface area contributed by atoms with Crippen LogP contribution in [0.1, 0.15) is 46.0 Å². The number of hydrogen-bond acceptors (Lipinski definition) is 3. The fourth-order valence-electron chi connectivity index (χ4n) is 1.80. The Kier molecular flexibility index (Phi) is 6.22. The monoisotopic (exact) mass is 216 g/mol. The Labute approximate surface area is 92.8 Å². The minimum absolute atomic E-state index is 0.200. The topological polar surface area (TPSA) is 38.7 Å². The zero-order valence-electron chi connectivity index (χ0n) is 9.95. The van der Waals surface area contributed by atoms with Gasteiger partial charge in [-0.05, 0) is 46.0 Å². The zero-order chi connectivity index (χ0) is 11.1. The average Bonchev–Trinajstić information content (AvgIpc) is 2.25. The van der Waals surface area contributed by atoms with Crippen LogP contribution < -0.4 is 0 Å². The predicted octanol–water partition coefficient (Wildman–Crippen LogP) is 2.12. The highest BCUT2D eigenvalue weighted by Crippen LogP contribution is 2.17.